The first-order valence-corrected chi connectivity index (χ1v) is 9.22. The summed E-state index contributed by atoms with van der Waals surface area (Å²) in [5.41, 5.74) is 2.35. The van der Waals surface area contributed by atoms with E-state index in [0.29, 0.717) is 19.0 Å². The Kier molecular flexibility index (Phi) is 4.57. The van der Waals surface area contributed by atoms with Crippen molar-refractivity contribution in [3.8, 4) is 0 Å². The van der Waals surface area contributed by atoms with Crippen molar-refractivity contribution >= 4 is 5.91 Å². The van der Waals surface area contributed by atoms with Crippen molar-refractivity contribution in [3.63, 3.8) is 0 Å². The van der Waals surface area contributed by atoms with Gasteiger partial charge >= 0.3 is 0 Å². The number of benzene rings is 1. The molecule has 132 valence electrons. The average Bonchev–Trinajstić information content (AvgIpc) is 3.37. The van der Waals surface area contributed by atoms with Crippen molar-refractivity contribution in [3.05, 3.63) is 53.9 Å². The van der Waals surface area contributed by atoms with Crippen LogP contribution in [-0.4, -0.2) is 44.9 Å². The van der Waals surface area contributed by atoms with Crippen LogP contribution in [0.25, 0.3) is 0 Å². The molecule has 1 aliphatic carbocycles. The van der Waals surface area contributed by atoms with Crippen molar-refractivity contribution < 1.29 is 9.90 Å². The van der Waals surface area contributed by atoms with Crippen molar-refractivity contribution in [1.29, 1.82) is 0 Å². The molecule has 25 heavy (non-hydrogen) atoms. The number of aliphatic hydroxyl groups excluding tert-OH is 1. The molecule has 2 fully saturated rings. The van der Waals surface area contributed by atoms with Crippen LogP contribution in [0.2, 0.25) is 0 Å². The van der Waals surface area contributed by atoms with Gasteiger partial charge in [-0.1, -0.05) is 30.3 Å². The van der Waals surface area contributed by atoms with Gasteiger partial charge in [-0.25, -0.2) is 0 Å². The lowest BCUT2D eigenvalue weighted by atomic mass is 9.88. The summed E-state index contributed by atoms with van der Waals surface area (Å²) in [6.45, 7) is 1.40. The summed E-state index contributed by atoms with van der Waals surface area (Å²) >= 11 is 0. The molecule has 0 spiro atoms. The smallest absolute Gasteiger partial charge is 0.244 e. The Morgan fingerprint density at radius 2 is 1.96 bits per heavy atom. The number of carbonyl (C=O) groups is 1. The van der Waals surface area contributed by atoms with Gasteiger partial charge in [0.1, 0.15) is 6.54 Å². The summed E-state index contributed by atoms with van der Waals surface area (Å²) < 4.78 is 1.73. The fourth-order valence-electron chi connectivity index (χ4n) is 3.66. The van der Waals surface area contributed by atoms with Crippen LogP contribution in [0, 0.1) is 5.92 Å². The minimum atomic E-state index is -0.461. The lowest BCUT2D eigenvalue weighted by molar-refractivity contribution is -0.136. The van der Waals surface area contributed by atoms with Crippen LogP contribution in [0.5, 0.6) is 0 Å². The molecule has 1 N–H and O–H groups in total. The van der Waals surface area contributed by atoms with E-state index in [1.165, 1.54) is 18.4 Å². The summed E-state index contributed by atoms with van der Waals surface area (Å²) in [7, 11) is 0. The van der Waals surface area contributed by atoms with Gasteiger partial charge < -0.3 is 10.0 Å². The molecule has 1 aromatic heterocycles. The molecule has 1 saturated carbocycles. The Balaban J connectivity index is 1.31. The molecule has 1 amide bonds. The van der Waals surface area contributed by atoms with Crippen molar-refractivity contribution in [2.24, 2.45) is 5.92 Å². The average molecular weight is 339 g/mol. The zero-order chi connectivity index (χ0) is 17.2. The van der Waals surface area contributed by atoms with E-state index in [0.717, 1.165) is 18.5 Å². The van der Waals surface area contributed by atoms with Crippen LogP contribution >= 0.6 is 0 Å². The highest BCUT2D eigenvalue weighted by molar-refractivity contribution is 5.76. The first-order chi connectivity index (χ1) is 12.2. The molecule has 2 aliphatic rings. The van der Waals surface area contributed by atoms with Gasteiger partial charge in [0.15, 0.2) is 0 Å². The molecule has 1 aliphatic heterocycles. The highest BCUT2D eigenvalue weighted by Gasteiger charge is 2.30. The van der Waals surface area contributed by atoms with Crippen molar-refractivity contribution in [2.75, 3.05) is 13.1 Å². The van der Waals surface area contributed by atoms with Crippen LogP contribution in [-0.2, 0) is 17.8 Å². The molecule has 4 rings (SSSR count). The maximum absolute atomic E-state index is 12.5. The van der Waals surface area contributed by atoms with Crippen LogP contribution in [0.4, 0.5) is 0 Å². The predicted octanol–water partition coefficient (Wildman–Crippen LogP) is 2.21. The van der Waals surface area contributed by atoms with Crippen LogP contribution in [0.1, 0.15) is 36.4 Å². The van der Waals surface area contributed by atoms with Crippen LogP contribution in [0.3, 0.4) is 0 Å². The number of carbonyl (C=O) groups excluding carboxylic acids is 1. The van der Waals surface area contributed by atoms with Gasteiger partial charge in [-0.15, -0.1) is 0 Å². The number of rotatable bonds is 5. The monoisotopic (exact) mass is 339 g/mol. The third-order valence-corrected chi connectivity index (χ3v) is 5.37. The Bertz CT molecular complexity index is 724. The van der Waals surface area contributed by atoms with Crippen LogP contribution < -0.4 is 0 Å². The highest BCUT2D eigenvalue weighted by atomic mass is 16.3. The van der Waals surface area contributed by atoms with Gasteiger partial charge in [0.25, 0.3) is 0 Å². The highest BCUT2D eigenvalue weighted by Crippen LogP contribution is 2.38. The van der Waals surface area contributed by atoms with Gasteiger partial charge in [0, 0.05) is 25.2 Å². The first kappa shape index (κ1) is 16.3. The van der Waals surface area contributed by atoms with E-state index in [1.54, 1.807) is 9.58 Å². The van der Waals surface area contributed by atoms with Gasteiger partial charge in [0.05, 0.1) is 11.8 Å². The quantitative estimate of drug-likeness (QED) is 0.909. The van der Waals surface area contributed by atoms with Crippen molar-refractivity contribution in [2.45, 2.75) is 44.2 Å². The molecule has 0 unspecified atom stereocenters. The number of aromatic nitrogens is 2. The molecule has 1 aromatic carbocycles. The summed E-state index contributed by atoms with van der Waals surface area (Å²) in [4.78, 5) is 14.3. The largest absolute Gasteiger partial charge is 0.391 e. The molecular formula is C20H25N3O2. The molecular weight excluding hydrogens is 314 g/mol. The van der Waals surface area contributed by atoms with E-state index in [-0.39, 0.29) is 18.4 Å². The fourth-order valence-corrected chi connectivity index (χ4v) is 3.66. The summed E-state index contributed by atoms with van der Waals surface area (Å²) in [6, 6.07) is 12.3. The molecule has 0 radical (unpaired) electrons. The molecule has 1 saturated heterocycles. The zero-order valence-corrected chi connectivity index (χ0v) is 14.4. The predicted molar refractivity (Wildman–Crippen MR) is 95.0 cm³/mol. The minimum Gasteiger partial charge on any atom is -0.391 e. The Morgan fingerprint density at radius 1 is 1.16 bits per heavy atom. The molecule has 0 bridgehead atoms. The maximum atomic E-state index is 12.5. The SMILES string of the molecule is O=C(Cn1ccc(C2CC2)n1)N1CC[C@H](Cc2ccccc2)[C@H](O)C1. The van der Waals surface area contributed by atoms with E-state index in [2.05, 4.69) is 17.2 Å². The second-order valence-corrected chi connectivity index (χ2v) is 7.36. The number of amides is 1. The standard InChI is InChI=1S/C20H25N3O2/c24-19-13-22(10-8-17(19)12-15-4-2-1-3-5-15)20(25)14-23-11-9-18(21-23)16-6-7-16/h1-5,9,11,16-17,19,24H,6-8,10,12-14H2/t17-,19-/m1/s1. The Hall–Kier alpha value is -2.14. The number of likely N-dealkylation sites (tertiary alicyclic amines) is 1. The van der Waals surface area contributed by atoms with Gasteiger partial charge in [0.2, 0.25) is 5.91 Å². The summed E-state index contributed by atoms with van der Waals surface area (Å²) in [5.74, 6) is 0.868. The number of nitrogens with zero attached hydrogens (tertiary/aromatic N) is 3. The molecule has 2 atom stereocenters. The maximum Gasteiger partial charge on any atom is 0.244 e. The summed E-state index contributed by atoms with van der Waals surface area (Å²) in [5, 5.41) is 15.0. The second-order valence-electron chi connectivity index (χ2n) is 7.36. The zero-order valence-electron chi connectivity index (χ0n) is 14.4. The normalized spacial score (nSPS) is 23.6. The lowest BCUT2D eigenvalue weighted by Gasteiger charge is -2.36. The third kappa shape index (κ3) is 3.93. The van der Waals surface area contributed by atoms with Gasteiger partial charge in [-0.05, 0) is 43.2 Å². The lowest BCUT2D eigenvalue weighted by Crippen LogP contribution is -2.48. The first-order valence-electron chi connectivity index (χ1n) is 9.22. The number of piperidine rings is 1. The fraction of sp³-hybridized carbons (Fsp3) is 0.500. The minimum absolute atomic E-state index is 0.0441. The van der Waals surface area contributed by atoms with E-state index >= 15 is 0 Å². The Morgan fingerprint density at radius 3 is 2.68 bits per heavy atom. The topological polar surface area (TPSA) is 58.4 Å². The molecule has 5 nitrogen and oxygen atoms in total. The molecule has 5 heteroatoms. The van der Waals surface area contributed by atoms with Crippen LogP contribution in [0.15, 0.2) is 42.6 Å². The number of aliphatic hydroxyl groups is 1. The molecule has 2 aromatic rings. The van der Waals surface area contributed by atoms with Crippen molar-refractivity contribution in [1.82, 2.24) is 14.7 Å². The number of hydrogen-bond donors (Lipinski definition) is 1. The van der Waals surface area contributed by atoms with E-state index in [4.69, 9.17) is 0 Å². The number of β-amino-alcohol motifs (C(OH)–C–C–N with tert-alkyl or cyclic N) is 1. The van der Waals surface area contributed by atoms with Gasteiger partial charge in [-0.3, -0.25) is 9.48 Å². The van der Waals surface area contributed by atoms with E-state index in [9.17, 15) is 9.90 Å². The summed E-state index contributed by atoms with van der Waals surface area (Å²) in [6.07, 6.45) is 5.57. The van der Waals surface area contributed by atoms with E-state index in [1.807, 2.05) is 30.5 Å². The van der Waals surface area contributed by atoms with E-state index < -0.39 is 6.10 Å². The number of hydrogen-bond acceptors (Lipinski definition) is 3. The second kappa shape index (κ2) is 7.00. The third-order valence-electron chi connectivity index (χ3n) is 5.37. The molecule has 2 heterocycles. The Labute approximate surface area is 148 Å². The van der Waals surface area contributed by atoms with Gasteiger partial charge in [-0.2, -0.15) is 5.10 Å².